The van der Waals surface area contributed by atoms with Crippen molar-refractivity contribution >= 4 is 23.8 Å². The highest BCUT2D eigenvalue weighted by molar-refractivity contribution is 5.90. The van der Waals surface area contributed by atoms with Gasteiger partial charge in [0.2, 0.25) is 0 Å². The predicted octanol–water partition coefficient (Wildman–Crippen LogP) is 10.1. The molecule has 0 saturated heterocycles. The Balaban J connectivity index is 2.14. The van der Waals surface area contributed by atoms with Gasteiger partial charge in [0, 0.05) is 34.7 Å². The molecule has 0 bridgehead atoms. The van der Waals surface area contributed by atoms with E-state index in [1.165, 1.54) is 0 Å². The third kappa shape index (κ3) is 7.67. The van der Waals surface area contributed by atoms with Gasteiger partial charge in [0.05, 0.1) is 11.4 Å². The number of phenols is 2. The maximum atomic E-state index is 11.2. The monoisotopic (exact) mass is 554 g/mol. The van der Waals surface area contributed by atoms with E-state index in [4.69, 9.17) is 9.98 Å². The highest BCUT2D eigenvalue weighted by Gasteiger charge is 2.26. The number of phenolic OH excluding ortho intramolecular Hbond substituents is 2. The van der Waals surface area contributed by atoms with Gasteiger partial charge in [0.25, 0.3) is 0 Å². The first-order valence-corrected chi connectivity index (χ1v) is 14.5. The van der Waals surface area contributed by atoms with E-state index < -0.39 is 0 Å². The van der Waals surface area contributed by atoms with E-state index in [9.17, 15) is 10.2 Å². The van der Waals surface area contributed by atoms with Gasteiger partial charge >= 0.3 is 0 Å². The summed E-state index contributed by atoms with van der Waals surface area (Å²) in [6, 6.07) is 14.2. The van der Waals surface area contributed by atoms with Crippen LogP contribution in [-0.2, 0) is 21.7 Å². The van der Waals surface area contributed by atoms with Gasteiger partial charge in [-0.15, -0.1) is 0 Å². The first-order valence-electron chi connectivity index (χ1n) is 14.5. The van der Waals surface area contributed by atoms with Crippen LogP contribution in [0.25, 0.3) is 0 Å². The Bertz CT molecular complexity index is 1480. The van der Waals surface area contributed by atoms with E-state index >= 15 is 0 Å². The number of hydrogen-bond donors (Lipinski definition) is 2. The molecule has 0 fully saturated rings. The number of nitrogens with zero attached hydrogens (tertiary/aromatic N) is 2. The molecule has 0 aliphatic heterocycles. The number of rotatable bonds is 4. The van der Waals surface area contributed by atoms with Crippen LogP contribution in [0.5, 0.6) is 11.5 Å². The fourth-order valence-corrected chi connectivity index (χ4v) is 4.64. The van der Waals surface area contributed by atoms with Gasteiger partial charge in [-0.3, -0.25) is 9.98 Å². The van der Waals surface area contributed by atoms with E-state index in [1.54, 1.807) is 12.4 Å². The lowest BCUT2D eigenvalue weighted by Gasteiger charge is -2.27. The Hall–Kier alpha value is -3.40. The van der Waals surface area contributed by atoms with Crippen LogP contribution >= 0.6 is 0 Å². The number of benzene rings is 3. The number of aryl methyl sites for hydroxylation is 1. The molecule has 3 aromatic rings. The zero-order chi connectivity index (χ0) is 31.1. The maximum absolute atomic E-state index is 11.2. The minimum absolute atomic E-state index is 0.0783. The molecule has 41 heavy (non-hydrogen) atoms. The summed E-state index contributed by atoms with van der Waals surface area (Å²) in [5.41, 5.74) is 7.31. The molecule has 0 saturated carbocycles. The quantitative estimate of drug-likeness (QED) is 0.315. The Morgan fingerprint density at radius 1 is 0.512 bits per heavy atom. The Labute approximate surface area is 248 Å². The predicted molar refractivity (Wildman–Crippen MR) is 177 cm³/mol. The lowest BCUT2D eigenvalue weighted by Crippen LogP contribution is -2.17. The van der Waals surface area contributed by atoms with Gasteiger partial charge in [0.15, 0.2) is 0 Å². The zero-order valence-electron chi connectivity index (χ0n) is 27.5. The summed E-state index contributed by atoms with van der Waals surface area (Å²) in [6.07, 6.45) is 3.47. The fourth-order valence-electron chi connectivity index (χ4n) is 4.64. The molecular weight excluding hydrogens is 504 g/mol. The molecule has 0 amide bonds. The van der Waals surface area contributed by atoms with Crippen molar-refractivity contribution in [1.82, 2.24) is 0 Å². The third-order valence-electron chi connectivity index (χ3n) is 7.44. The van der Waals surface area contributed by atoms with Crippen molar-refractivity contribution in [3.05, 3.63) is 81.4 Å². The molecule has 3 rings (SSSR count). The lowest BCUT2D eigenvalue weighted by molar-refractivity contribution is 0.443. The summed E-state index contributed by atoms with van der Waals surface area (Å²) in [6.45, 7) is 27.7. The van der Waals surface area contributed by atoms with Gasteiger partial charge in [-0.1, -0.05) is 101 Å². The highest BCUT2D eigenvalue weighted by Crippen LogP contribution is 2.39. The normalized spacial score (nSPS) is 13.5. The summed E-state index contributed by atoms with van der Waals surface area (Å²) < 4.78 is 0. The molecule has 4 heteroatoms. The van der Waals surface area contributed by atoms with Crippen LogP contribution in [0.2, 0.25) is 0 Å². The van der Waals surface area contributed by atoms with Crippen LogP contribution < -0.4 is 0 Å². The second-order valence-electron chi connectivity index (χ2n) is 15.4. The molecular formula is C37H50N2O2. The summed E-state index contributed by atoms with van der Waals surface area (Å²) >= 11 is 0. The Kier molecular flexibility index (Phi) is 8.71. The SMILES string of the molecule is Cc1ccc(N=Cc2cc(C(C)(C)C)cc(C(C)(C)C)c2O)c(N=Cc2cc(C(C)(C)C)cc(C(C)(C)C)c2O)c1. The Morgan fingerprint density at radius 2 is 0.902 bits per heavy atom. The van der Waals surface area contributed by atoms with E-state index in [0.29, 0.717) is 22.5 Å². The minimum atomic E-state index is -0.220. The summed E-state index contributed by atoms with van der Waals surface area (Å²) in [7, 11) is 0. The number of hydrogen-bond acceptors (Lipinski definition) is 4. The molecule has 0 spiro atoms. The molecule has 4 nitrogen and oxygen atoms in total. The van der Waals surface area contributed by atoms with Gasteiger partial charge in [0.1, 0.15) is 11.5 Å². The minimum Gasteiger partial charge on any atom is -0.507 e. The number of aromatic hydroxyl groups is 2. The number of aliphatic imine (C=N–C) groups is 2. The molecule has 0 heterocycles. The van der Waals surface area contributed by atoms with Crippen molar-refractivity contribution in [2.75, 3.05) is 0 Å². The van der Waals surface area contributed by atoms with Crippen molar-refractivity contribution in [3.63, 3.8) is 0 Å². The van der Waals surface area contributed by atoms with Crippen molar-refractivity contribution in [3.8, 4) is 11.5 Å². The van der Waals surface area contributed by atoms with Crippen molar-refractivity contribution in [1.29, 1.82) is 0 Å². The molecule has 0 radical (unpaired) electrons. The standard InChI is InChI=1S/C37H50N2O2/c1-23-14-15-30(38-21-24-17-26(34(2,3)4)19-28(32(24)40)36(8,9)10)31(16-23)39-22-25-18-27(35(5,6)7)20-29(33(25)41)37(11,12)13/h14-22,40-41H,1-13H3. The molecule has 2 N–H and O–H groups in total. The van der Waals surface area contributed by atoms with Crippen molar-refractivity contribution in [2.24, 2.45) is 9.98 Å². The fraction of sp³-hybridized carbons (Fsp3) is 0.459. The second kappa shape index (κ2) is 11.1. The third-order valence-corrected chi connectivity index (χ3v) is 7.44. The highest BCUT2D eigenvalue weighted by atomic mass is 16.3. The van der Waals surface area contributed by atoms with Crippen molar-refractivity contribution < 1.29 is 10.2 Å². The topological polar surface area (TPSA) is 65.2 Å². The summed E-state index contributed by atoms with van der Waals surface area (Å²) in [5, 5.41) is 22.5. The van der Waals surface area contributed by atoms with Gasteiger partial charge in [-0.25, -0.2) is 0 Å². The van der Waals surface area contributed by atoms with E-state index in [2.05, 4.69) is 95.2 Å². The maximum Gasteiger partial charge on any atom is 0.128 e. The molecule has 0 aliphatic rings. The van der Waals surface area contributed by atoms with Gasteiger partial charge in [-0.05, 0) is 69.5 Å². The molecule has 3 aromatic carbocycles. The summed E-state index contributed by atoms with van der Waals surface area (Å²) in [5.74, 6) is 0.510. The van der Waals surface area contributed by atoms with Crippen LogP contribution in [0, 0.1) is 6.92 Å². The first kappa shape index (κ1) is 32.1. The van der Waals surface area contributed by atoms with Gasteiger partial charge in [-0.2, -0.15) is 0 Å². The van der Waals surface area contributed by atoms with Crippen LogP contribution in [0.4, 0.5) is 11.4 Å². The molecule has 0 aromatic heterocycles. The van der Waals surface area contributed by atoms with Crippen molar-refractivity contribution in [2.45, 2.75) is 112 Å². The van der Waals surface area contributed by atoms with Crippen LogP contribution in [-0.4, -0.2) is 22.6 Å². The second-order valence-corrected chi connectivity index (χ2v) is 15.4. The van der Waals surface area contributed by atoms with E-state index in [1.807, 2.05) is 37.3 Å². The average molecular weight is 555 g/mol. The van der Waals surface area contributed by atoms with Crippen LogP contribution in [0.1, 0.15) is 122 Å². The van der Waals surface area contributed by atoms with E-state index in [-0.39, 0.29) is 33.2 Å². The molecule has 220 valence electrons. The Morgan fingerprint density at radius 3 is 1.27 bits per heavy atom. The average Bonchev–Trinajstić information content (AvgIpc) is 2.80. The largest absolute Gasteiger partial charge is 0.507 e. The zero-order valence-corrected chi connectivity index (χ0v) is 27.5. The smallest absolute Gasteiger partial charge is 0.128 e. The summed E-state index contributed by atoms with van der Waals surface area (Å²) in [4.78, 5) is 9.64. The van der Waals surface area contributed by atoms with Gasteiger partial charge < -0.3 is 10.2 Å². The first-order chi connectivity index (χ1) is 18.6. The molecule has 0 atom stereocenters. The molecule has 0 aliphatic carbocycles. The van der Waals surface area contributed by atoms with E-state index in [0.717, 1.165) is 27.8 Å². The lowest BCUT2D eigenvalue weighted by atomic mass is 9.79. The molecule has 0 unspecified atom stereocenters. The van der Waals surface area contributed by atoms with Crippen LogP contribution in [0.15, 0.2) is 52.4 Å². The van der Waals surface area contributed by atoms with Crippen LogP contribution in [0.3, 0.4) is 0 Å².